The van der Waals surface area contributed by atoms with Gasteiger partial charge in [-0.1, -0.05) is 15.9 Å². The van der Waals surface area contributed by atoms with Gasteiger partial charge in [0.05, 0.1) is 30.4 Å². The fraction of sp³-hybridized carbons (Fsp3) is 0.471. The molecule has 0 aromatic heterocycles. The summed E-state index contributed by atoms with van der Waals surface area (Å²) >= 11 is 3.33. The Kier molecular flexibility index (Phi) is 5.01. The minimum atomic E-state index is -0.513. The molecule has 1 aromatic carbocycles. The van der Waals surface area contributed by atoms with Gasteiger partial charge < -0.3 is 4.74 Å². The summed E-state index contributed by atoms with van der Waals surface area (Å²) in [5, 5.41) is 0. The maximum atomic E-state index is 12.3. The minimum Gasteiger partial charge on any atom is -0.466 e. The third-order valence-corrected chi connectivity index (χ3v) is 4.89. The Hall–Kier alpha value is -1.73. The van der Waals surface area contributed by atoms with Crippen LogP contribution in [0.25, 0.3) is 0 Å². The van der Waals surface area contributed by atoms with Crippen LogP contribution in [0, 0.1) is 5.92 Å². The Morgan fingerprint density at radius 2 is 2.17 bits per heavy atom. The van der Waals surface area contributed by atoms with Crippen LogP contribution in [0.1, 0.15) is 30.1 Å². The molecular formula is C17H19BrN2O4. The Bertz CT molecular complexity index is 691. The number of hydrogen-bond donors (Lipinski definition) is 0. The van der Waals surface area contributed by atoms with Crippen molar-refractivity contribution in [3.05, 3.63) is 28.2 Å². The summed E-state index contributed by atoms with van der Waals surface area (Å²) in [6.45, 7) is 3.82. The molecule has 128 valence electrons. The van der Waals surface area contributed by atoms with Crippen molar-refractivity contribution in [1.82, 2.24) is 4.90 Å². The molecule has 2 aliphatic heterocycles. The third-order valence-electron chi connectivity index (χ3n) is 4.40. The van der Waals surface area contributed by atoms with Crippen molar-refractivity contribution < 1.29 is 19.1 Å². The van der Waals surface area contributed by atoms with Gasteiger partial charge in [0, 0.05) is 11.0 Å². The first-order valence-electron chi connectivity index (χ1n) is 8.06. The molecule has 3 rings (SSSR count). The van der Waals surface area contributed by atoms with Crippen LogP contribution in [0.3, 0.4) is 0 Å². The van der Waals surface area contributed by atoms with E-state index in [0.717, 1.165) is 23.9 Å². The monoisotopic (exact) mass is 394 g/mol. The Morgan fingerprint density at radius 3 is 2.92 bits per heavy atom. The van der Waals surface area contributed by atoms with Crippen molar-refractivity contribution in [2.45, 2.75) is 19.8 Å². The van der Waals surface area contributed by atoms with E-state index in [-0.39, 0.29) is 11.9 Å². The standard InChI is InChI=1S/C17H19BrN2O4/c1-2-24-17(23)11-4-3-7-19(9-11)10-20-14-6-5-12(18)8-13(14)15(21)16(20)22/h5-6,8,11H,2-4,7,9-10H2,1H3/t11-/m0/s1. The molecule has 2 aliphatic rings. The molecule has 0 unspecified atom stereocenters. The van der Waals surface area contributed by atoms with Crippen LogP contribution in [0.15, 0.2) is 22.7 Å². The fourth-order valence-electron chi connectivity index (χ4n) is 3.25. The fourth-order valence-corrected chi connectivity index (χ4v) is 3.61. The van der Waals surface area contributed by atoms with E-state index < -0.39 is 11.7 Å². The summed E-state index contributed by atoms with van der Waals surface area (Å²) in [6.07, 6.45) is 1.67. The summed E-state index contributed by atoms with van der Waals surface area (Å²) in [7, 11) is 0. The van der Waals surface area contributed by atoms with Crippen LogP contribution >= 0.6 is 15.9 Å². The number of anilines is 1. The predicted molar refractivity (Wildman–Crippen MR) is 91.8 cm³/mol. The molecule has 0 saturated carbocycles. The highest BCUT2D eigenvalue weighted by molar-refractivity contribution is 9.10. The van der Waals surface area contributed by atoms with Gasteiger partial charge in [-0.05, 0) is 44.5 Å². The number of piperidine rings is 1. The average molecular weight is 395 g/mol. The van der Waals surface area contributed by atoms with Gasteiger partial charge in [0.15, 0.2) is 0 Å². The van der Waals surface area contributed by atoms with Crippen molar-refractivity contribution in [3.63, 3.8) is 0 Å². The van der Waals surface area contributed by atoms with Gasteiger partial charge in [-0.3, -0.25) is 24.2 Å². The van der Waals surface area contributed by atoms with Gasteiger partial charge in [0.2, 0.25) is 0 Å². The molecular weight excluding hydrogens is 376 g/mol. The first-order valence-corrected chi connectivity index (χ1v) is 8.85. The zero-order valence-corrected chi connectivity index (χ0v) is 15.0. The van der Waals surface area contributed by atoms with Gasteiger partial charge in [0.25, 0.3) is 5.78 Å². The lowest BCUT2D eigenvalue weighted by Crippen LogP contribution is -2.46. The lowest BCUT2D eigenvalue weighted by atomic mass is 9.98. The molecule has 1 atom stereocenters. The summed E-state index contributed by atoms with van der Waals surface area (Å²) in [5.74, 6) is -1.35. The van der Waals surface area contributed by atoms with E-state index in [1.54, 1.807) is 19.1 Å². The van der Waals surface area contributed by atoms with Gasteiger partial charge in [-0.15, -0.1) is 0 Å². The molecule has 0 bridgehead atoms. The number of nitrogens with zero attached hydrogens (tertiary/aromatic N) is 2. The van der Waals surface area contributed by atoms with Crippen LogP contribution in [0.5, 0.6) is 0 Å². The average Bonchev–Trinajstić information content (AvgIpc) is 2.80. The number of carbonyl (C=O) groups excluding carboxylic acids is 3. The Balaban J connectivity index is 1.73. The maximum Gasteiger partial charge on any atom is 0.310 e. The largest absolute Gasteiger partial charge is 0.466 e. The smallest absolute Gasteiger partial charge is 0.310 e. The van der Waals surface area contributed by atoms with Gasteiger partial charge in [-0.25, -0.2) is 0 Å². The van der Waals surface area contributed by atoms with Crippen molar-refractivity contribution in [3.8, 4) is 0 Å². The number of ether oxygens (including phenoxy) is 1. The summed E-state index contributed by atoms with van der Waals surface area (Å²) in [5.41, 5.74) is 1.06. The van der Waals surface area contributed by atoms with E-state index in [9.17, 15) is 14.4 Å². The predicted octanol–water partition coefficient (Wildman–Crippen LogP) is 2.21. The van der Waals surface area contributed by atoms with Crippen molar-refractivity contribution in [2.75, 3.05) is 31.3 Å². The summed E-state index contributed by atoms with van der Waals surface area (Å²) < 4.78 is 5.87. The number of rotatable bonds is 4. The van der Waals surface area contributed by atoms with Crippen LogP contribution in [-0.2, 0) is 14.3 Å². The number of esters is 1. The van der Waals surface area contributed by atoms with Crippen LogP contribution in [-0.4, -0.2) is 48.9 Å². The van der Waals surface area contributed by atoms with E-state index in [0.29, 0.717) is 31.1 Å². The zero-order chi connectivity index (χ0) is 17.3. The second-order valence-corrected chi connectivity index (χ2v) is 6.95. The number of fused-ring (bicyclic) bond motifs is 1. The van der Waals surface area contributed by atoms with E-state index in [4.69, 9.17) is 4.74 Å². The molecule has 2 heterocycles. The number of amides is 1. The third kappa shape index (κ3) is 3.23. The molecule has 1 aromatic rings. The second kappa shape index (κ2) is 7.03. The molecule has 24 heavy (non-hydrogen) atoms. The van der Waals surface area contributed by atoms with Gasteiger partial charge in [-0.2, -0.15) is 0 Å². The van der Waals surface area contributed by atoms with Crippen LogP contribution in [0.2, 0.25) is 0 Å². The highest BCUT2D eigenvalue weighted by Crippen LogP contribution is 2.32. The molecule has 0 radical (unpaired) electrons. The minimum absolute atomic E-state index is 0.170. The molecule has 7 heteroatoms. The number of ketones is 1. The molecule has 0 aliphatic carbocycles. The SMILES string of the molecule is CCOC(=O)[C@H]1CCCN(CN2C(=O)C(=O)c3cc(Br)ccc32)C1. The second-order valence-electron chi connectivity index (χ2n) is 6.03. The lowest BCUT2D eigenvalue weighted by Gasteiger charge is -2.34. The van der Waals surface area contributed by atoms with Crippen LogP contribution < -0.4 is 4.90 Å². The van der Waals surface area contributed by atoms with E-state index in [1.165, 1.54) is 4.90 Å². The Labute approximate surface area is 148 Å². The van der Waals surface area contributed by atoms with Gasteiger partial charge in [0.1, 0.15) is 0 Å². The summed E-state index contributed by atoms with van der Waals surface area (Å²) in [6, 6.07) is 5.26. The highest BCUT2D eigenvalue weighted by atomic mass is 79.9. The van der Waals surface area contributed by atoms with E-state index in [1.807, 2.05) is 11.0 Å². The molecule has 6 nitrogen and oxygen atoms in total. The van der Waals surface area contributed by atoms with Crippen LogP contribution in [0.4, 0.5) is 5.69 Å². The van der Waals surface area contributed by atoms with Crippen molar-refractivity contribution in [2.24, 2.45) is 5.92 Å². The molecule has 0 spiro atoms. The van der Waals surface area contributed by atoms with Gasteiger partial charge >= 0.3 is 11.9 Å². The number of benzene rings is 1. The van der Waals surface area contributed by atoms with Crippen molar-refractivity contribution >= 4 is 39.3 Å². The Morgan fingerprint density at radius 1 is 1.38 bits per heavy atom. The highest BCUT2D eigenvalue weighted by Gasteiger charge is 2.37. The zero-order valence-electron chi connectivity index (χ0n) is 13.5. The number of likely N-dealkylation sites (tertiary alicyclic amines) is 1. The summed E-state index contributed by atoms with van der Waals surface area (Å²) in [4.78, 5) is 39.9. The topological polar surface area (TPSA) is 66.9 Å². The quantitative estimate of drug-likeness (QED) is 0.578. The normalized spacial score (nSPS) is 21.1. The van der Waals surface area contributed by atoms with Crippen molar-refractivity contribution in [1.29, 1.82) is 0 Å². The van der Waals surface area contributed by atoms with E-state index >= 15 is 0 Å². The molecule has 1 saturated heterocycles. The number of halogens is 1. The molecule has 1 fully saturated rings. The van der Waals surface area contributed by atoms with E-state index in [2.05, 4.69) is 15.9 Å². The molecule has 0 N–H and O–H groups in total. The lowest BCUT2D eigenvalue weighted by molar-refractivity contribution is -0.149. The maximum absolute atomic E-state index is 12.3. The first-order chi connectivity index (χ1) is 11.5. The number of hydrogen-bond acceptors (Lipinski definition) is 5. The number of carbonyl (C=O) groups is 3. The number of Topliss-reactive ketones (excluding diaryl/α,β-unsaturated/α-hetero) is 1. The first kappa shape index (κ1) is 17.1. The molecule has 1 amide bonds.